The lowest BCUT2D eigenvalue weighted by Crippen LogP contribution is -2.33. The van der Waals surface area contributed by atoms with Crippen LogP contribution in [0.25, 0.3) is 0 Å². The molecule has 0 aliphatic carbocycles. The summed E-state index contributed by atoms with van der Waals surface area (Å²) in [6, 6.07) is 20.4. The highest BCUT2D eigenvalue weighted by atomic mass is 35.5. The normalized spacial score (nSPS) is 12.0. The molecule has 3 aromatic carbocycles. The van der Waals surface area contributed by atoms with Gasteiger partial charge in [-0.25, -0.2) is 13.2 Å². The fraction of sp³-hybridized carbons (Fsp3) is 0.107. The van der Waals surface area contributed by atoms with Gasteiger partial charge in [0.2, 0.25) is 10.0 Å². The van der Waals surface area contributed by atoms with Crippen molar-refractivity contribution in [2.24, 2.45) is 0 Å². The number of nitrogens with zero attached hydrogens (tertiary/aromatic N) is 3. The third-order valence-corrected chi connectivity index (χ3v) is 8.11. The van der Waals surface area contributed by atoms with E-state index in [0.29, 0.717) is 16.3 Å². The van der Waals surface area contributed by atoms with Gasteiger partial charge in [0.25, 0.3) is 11.6 Å². The van der Waals surface area contributed by atoms with Crippen molar-refractivity contribution in [3.05, 3.63) is 135 Å². The third-order valence-electron chi connectivity index (χ3n) is 6.05. The summed E-state index contributed by atoms with van der Waals surface area (Å²) >= 11 is 5.93. The van der Waals surface area contributed by atoms with Crippen LogP contribution in [0.4, 0.5) is 5.69 Å². The molecule has 0 bridgehead atoms. The number of hydrogen-bond donors (Lipinski definition) is 2. The fourth-order valence-corrected chi connectivity index (χ4v) is 5.43. The standard InChI is InChI=1S/C28H23ClN4O7S/c29-22-10-14-25(15-11-22)41(39,40)32(18-23-3-1-2-16-30-23)17-19-4-6-21(7-5-19)27(34)31-26(28(35)36)20-8-12-24(13-9-20)33(37)38/h1-16,26H,17-18H2,(H,31,34)(H,35,36). The molecule has 1 unspecified atom stereocenters. The van der Waals surface area contributed by atoms with Crippen LogP contribution in [0.1, 0.15) is 33.2 Å². The number of carbonyl (C=O) groups is 2. The number of non-ortho nitro benzene ring substituents is 1. The van der Waals surface area contributed by atoms with E-state index in [1.807, 2.05) is 0 Å². The Hall–Kier alpha value is -4.65. The summed E-state index contributed by atoms with van der Waals surface area (Å²) in [4.78, 5) is 39.2. The topological polar surface area (TPSA) is 160 Å². The molecule has 4 rings (SSSR count). The number of halogens is 1. The number of carboxylic acid groups (broad SMARTS) is 1. The summed E-state index contributed by atoms with van der Waals surface area (Å²) < 4.78 is 28.3. The predicted octanol–water partition coefficient (Wildman–Crippen LogP) is 4.59. The maximum atomic E-state index is 13.5. The zero-order valence-electron chi connectivity index (χ0n) is 21.3. The lowest BCUT2D eigenvalue weighted by molar-refractivity contribution is -0.384. The average molecular weight is 595 g/mol. The molecule has 0 fully saturated rings. The van der Waals surface area contributed by atoms with Crippen LogP contribution < -0.4 is 5.32 Å². The molecule has 0 aliphatic heterocycles. The number of benzene rings is 3. The van der Waals surface area contributed by atoms with Crippen molar-refractivity contribution in [3.63, 3.8) is 0 Å². The number of nitro groups is 1. The molecule has 1 heterocycles. The van der Waals surface area contributed by atoms with Crippen molar-refractivity contribution in [1.29, 1.82) is 0 Å². The second kappa shape index (κ2) is 12.7. The van der Waals surface area contributed by atoms with Crippen LogP contribution >= 0.6 is 11.6 Å². The smallest absolute Gasteiger partial charge is 0.330 e. The number of hydrogen-bond acceptors (Lipinski definition) is 7. The van der Waals surface area contributed by atoms with Gasteiger partial charge in [0.1, 0.15) is 0 Å². The van der Waals surface area contributed by atoms with Gasteiger partial charge in [0, 0.05) is 35.5 Å². The van der Waals surface area contributed by atoms with Crippen LogP contribution in [0.3, 0.4) is 0 Å². The van der Waals surface area contributed by atoms with E-state index < -0.39 is 32.9 Å². The number of rotatable bonds is 11. The summed E-state index contributed by atoms with van der Waals surface area (Å²) in [7, 11) is -3.96. The van der Waals surface area contributed by atoms with Gasteiger partial charge in [-0.05, 0) is 71.8 Å². The summed E-state index contributed by atoms with van der Waals surface area (Å²) in [5.41, 5.74) is 1.19. The van der Waals surface area contributed by atoms with Crippen molar-refractivity contribution in [1.82, 2.24) is 14.6 Å². The van der Waals surface area contributed by atoms with Crippen LogP contribution in [0.15, 0.2) is 102 Å². The molecule has 0 spiro atoms. The van der Waals surface area contributed by atoms with Crippen LogP contribution in [-0.2, 0) is 27.9 Å². The van der Waals surface area contributed by atoms with Gasteiger partial charge in [-0.1, -0.05) is 29.8 Å². The summed E-state index contributed by atoms with van der Waals surface area (Å²) in [5, 5.41) is 23.3. The molecule has 1 aromatic heterocycles. The molecule has 0 radical (unpaired) electrons. The minimum absolute atomic E-state index is 0.0104. The highest BCUT2D eigenvalue weighted by molar-refractivity contribution is 7.89. The highest BCUT2D eigenvalue weighted by Gasteiger charge is 2.26. The molecule has 1 amide bonds. The molecule has 11 nitrogen and oxygen atoms in total. The number of aliphatic carboxylic acids is 1. The van der Waals surface area contributed by atoms with E-state index in [9.17, 15) is 33.2 Å². The van der Waals surface area contributed by atoms with Crippen LogP contribution in [0, 0.1) is 10.1 Å². The van der Waals surface area contributed by atoms with Gasteiger partial charge in [0.15, 0.2) is 6.04 Å². The van der Waals surface area contributed by atoms with E-state index in [1.165, 1.54) is 52.8 Å². The van der Waals surface area contributed by atoms with E-state index in [1.54, 1.807) is 36.5 Å². The monoisotopic (exact) mass is 594 g/mol. The first-order chi connectivity index (χ1) is 19.5. The summed E-state index contributed by atoms with van der Waals surface area (Å²) in [5.74, 6) is -2.04. The van der Waals surface area contributed by atoms with Crippen molar-refractivity contribution in [2.75, 3.05) is 0 Å². The molecular weight excluding hydrogens is 572 g/mol. The predicted molar refractivity (Wildman–Crippen MR) is 150 cm³/mol. The van der Waals surface area contributed by atoms with E-state index in [-0.39, 0.29) is 34.8 Å². The number of amides is 1. The Morgan fingerprint density at radius 1 is 0.951 bits per heavy atom. The fourth-order valence-electron chi connectivity index (χ4n) is 3.91. The largest absolute Gasteiger partial charge is 0.479 e. The highest BCUT2D eigenvalue weighted by Crippen LogP contribution is 2.23. The molecule has 41 heavy (non-hydrogen) atoms. The minimum Gasteiger partial charge on any atom is -0.479 e. The van der Waals surface area contributed by atoms with Crippen LogP contribution in [0.2, 0.25) is 5.02 Å². The Balaban J connectivity index is 1.53. The molecule has 210 valence electrons. The van der Waals surface area contributed by atoms with Gasteiger partial charge < -0.3 is 10.4 Å². The second-order valence-corrected chi connectivity index (χ2v) is 11.2. The molecule has 2 N–H and O–H groups in total. The third kappa shape index (κ3) is 7.31. The molecule has 0 saturated carbocycles. The SMILES string of the molecule is O=C(NC(C(=O)O)c1ccc([N+](=O)[O-])cc1)c1ccc(CN(Cc2ccccn2)S(=O)(=O)c2ccc(Cl)cc2)cc1. The number of pyridine rings is 1. The van der Waals surface area contributed by atoms with Crippen molar-refractivity contribution in [3.8, 4) is 0 Å². The Kier molecular flexibility index (Phi) is 9.07. The number of carbonyl (C=O) groups excluding carboxylic acids is 1. The summed E-state index contributed by atoms with van der Waals surface area (Å²) in [6.45, 7) is -0.0481. The molecule has 1 atom stereocenters. The maximum Gasteiger partial charge on any atom is 0.330 e. The van der Waals surface area contributed by atoms with E-state index in [4.69, 9.17) is 11.6 Å². The lowest BCUT2D eigenvalue weighted by Gasteiger charge is -2.22. The zero-order chi connectivity index (χ0) is 29.6. The first-order valence-corrected chi connectivity index (χ1v) is 13.9. The second-order valence-electron chi connectivity index (χ2n) is 8.84. The zero-order valence-corrected chi connectivity index (χ0v) is 22.8. The minimum atomic E-state index is -3.96. The molecular formula is C28H23ClN4O7S. The summed E-state index contributed by atoms with van der Waals surface area (Å²) in [6.07, 6.45) is 1.57. The van der Waals surface area contributed by atoms with Crippen LogP contribution in [0.5, 0.6) is 0 Å². The first-order valence-electron chi connectivity index (χ1n) is 12.1. The Morgan fingerprint density at radius 2 is 1.61 bits per heavy atom. The Morgan fingerprint density at radius 3 is 2.17 bits per heavy atom. The average Bonchev–Trinajstić information content (AvgIpc) is 2.96. The van der Waals surface area contributed by atoms with Gasteiger partial charge in [-0.2, -0.15) is 4.31 Å². The number of nitro benzene ring substituents is 1. The number of carboxylic acids is 1. The Bertz CT molecular complexity index is 1650. The van der Waals surface area contributed by atoms with Crippen molar-refractivity contribution < 1.29 is 28.0 Å². The van der Waals surface area contributed by atoms with E-state index in [2.05, 4.69) is 10.3 Å². The van der Waals surface area contributed by atoms with Gasteiger partial charge in [-0.3, -0.25) is 19.9 Å². The quantitative estimate of drug-likeness (QED) is 0.188. The molecule has 4 aromatic rings. The Labute approximate surface area is 240 Å². The van der Waals surface area contributed by atoms with Crippen LogP contribution in [-0.4, -0.2) is 39.6 Å². The van der Waals surface area contributed by atoms with Crippen molar-refractivity contribution in [2.45, 2.75) is 24.0 Å². The molecule has 0 aliphatic rings. The molecule has 13 heteroatoms. The lowest BCUT2D eigenvalue weighted by atomic mass is 10.1. The first kappa shape index (κ1) is 29.3. The number of sulfonamides is 1. The molecule has 0 saturated heterocycles. The maximum absolute atomic E-state index is 13.5. The number of aromatic nitrogens is 1. The van der Waals surface area contributed by atoms with E-state index >= 15 is 0 Å². The van der Waals surface area contributed by atoms with Gasteiger partial charge in [0.05, 0.1) is 22.1 Å². The number of nitrogens with one attached hydrogen (secondary N) is 1. The van der Waals surface area contributed by atoms with Gasteiger partial charge in [-0.15, -0.1) is 0 Å². The van der Waals surface area contributed by atoms with Gasteiger partial charge >= 0.3 is 5.97 Å². The van der Waals surface area contributed by atoms with E-state index in [0.717, 1.165) is 12.1 Å². The van der Waals surface area contributed by atoms with Crippen molar-refractivity contribution >= 4 is 39.2 Å².